The highest BCUT2D eigenvalue weighted by atomic mass is 35.5. The zero-order valence-corrected chi connectivity index (χ0v) is 16.5. The Balaban J connectivity index is 1.50. The fraction of sp³-hybridized carbons (Fsp3) is 0. The summed E-state index contributed by atoms with van der Waals surface area (Å²) in [5.41, 5.74) is 4.94. The molecule has 0 atom stereocenters. The van der Waals surface area contributed by atoms with Gasteiger partial charge in [0, 0.05) is 16.3 Å². The summed E-state index contributed by atoms with van der Waals surface area (Å²) in [5.74, 6) is -0.386. The first-order valence-electron chi connectivity index (χ1n) is 8.54. The van der Waals surface area contributed by atoms with E-state index in [2.05, 4.69) is 15.1 Å². The second kappa shape index (κ2) is 7.57. The normalized spacial score (nSPS) is 11.3. The van der Waals surface area contributed by atoms with Gasteiger partial charge in [-0.15, -0.1) is 0 Å². The molecule has 0 saturated heterocycles. The van der Waals surface area contributed by atoms with Crippen LogP contribution in [0.3, 0.4) is 0 Å². The summed E-state index contributed by atoms with van der Waals surface area (Å²) in [6.45, 7) is 0. The van der Waals surface area contributed by atoms with Gasteiger partial charge in [-0.1, -0.05) is 23.7 Å². The Morgan fingerprint density at radius 3 is 2.34 bits per heavy atom. The van der Waals surface area contributed by atoms with Crippen LogP contribution in [0, 0.1) is 0 Å². The van der Waals surface area contributed by atoms with Crippen LogP contribution in [0.1, 0.15) is 10.4 Å². The smallest absolute Gasteiger partial charge is 0.270 e. The average molecular weight is 427 g/mol. The van der Waals surface area contributed by atoms with Crippen molar-refractivity contribution in [2.45, 2.75) is 4.90 Å². The monoisotopic (exact) mass is 426 g/mol. The van der Waals surface area contributed by atoms with Crippen molar-refractivity contribution < 1.29 is 13.2 Å². The maximum atomic E-state index is 12.5. The van der Waals surface area contributed by atoms with Gasteiger partial charge in [-0.3, -0.25) is 14.9 Å². The molecule has 0 aliphatic heterocycles. The molecule has 3 aromatic carbocycles. The molecule has 1 amide bonds. The largest absolute Gasteiger partial charge is 0.280 e. The van der Waals surface area contributed by atoms with Crippen LogP contribution in [-0.4, -0.2) is 24.0 Å². The number of halogens is 1. The van der Waals surface area contributed by atoms with Crippen LogP contribution < -0.4 is 10.1 Å². The third-order valence-electron chi connectivity index (χ3n) is 4.20. The number of hydrogen-bond donors (Lipinski definition) is 2. The summed E-state index contributed by atoms with van der Waals surface area (Å²) in [6, 6.07) is 19.3. The topological polar surface area (TPSA) is 93.1 Å². The maximum absolute atomic E-state index is 12.5. The molecule has 0 fully saturated rings. The molecule has 0 radical (unpaired) electrons. The summed E-state index contributed by atoms with van der Waals surface area (Å²) in [5, 5.41) is 0.508. The van der Waals surface area contributed by atoms with E-state index in [0.29, 0.717) is 16.3 Å². The van der Waals surface area contributed by atoms with E-state index in [1.54, 1.807) is 24.3 Å². The summed E-state index contributed by atoms with van der Waals surface area (Å²) in [4.78, 5) is 16.8. The van der Waals surface area contributed by atoms with Crippen molar-refractivity contribution in [2.75, 3.05) is 10.1 Å². The van der Waals surface area contributed by atoms with E-state index in [0.717, 1.165) is 11.0 Å². The Labute approximate surface area is 172 Å². The van der Waals surface area contributed by atoms with Gasteiger partial charge in [0.05, 0.1) is 15.9 Å². The van der Waals surface area contributed by atoms with Gasteiger partial charge >= 0.3 is 0 Å². The van der Waals surface area contributed by atoms with Crippen molar-refractivity contribution in [3.63, 3.8) is 0 Å². The van der Waals surface area contributed by atoms with E-state index < -0.39 is 10.0 Å². The first-order valence-corrected chi connectivity index (χ1v) is 10.4. The standard InChI is InChI=1S/C20H15ClN4O3S/c21-15-7-9-16(10-8-15)24-29(27,28)17-11-5-14(6-12-17)20(26)23-25-13-22-18-3-1-2-4-19(18)25/h1-13,24H,(H,23,26). The number of nitrogens with zero attached hydrogens (tertiary/aromatic N) is 2. The second-order valence-electron chi connectivity index (χ2n) is 6.18. The zero-order chi connectivity index (χ0) is 20.4. The van der Waals surface area contributed by atoms with E-state index >= 15 is 0 Å². The van der Waals surface area contributed by atoms with Crippen molar-refractivity contribution in [1.82, 2.24) is 9.66 Å². The number of carbonyl (C=O) groups is 1. The number of nitrogens with one attached hydrogen (secondary N) is 2. The molecule has 4 rings (SSSR count). The fourth-order valence-electron chi connectivity index (χ4n) is 2.74. The predicted molar refractivity (Wildman–Crippen MR) is 112 cm³/mol. The number of rotatable bonds is 5. The third kappa shape index (κ3) is 4.08. The molecule has 29 heavy (non-hydrogen) atoms. The lowest BCUT2D eigenvalue weighted by molar-refractivity contribution is 0.101. The zero-order valence-electron chi connectivity index (χ0n) is 14.9. The SMILES string of the molecule is O=C(Nn1cnc2ccccc21)c1ccc(S(=O)(=O)Nc2ccc(Cl)cc2)cc1. The highest BCUT2D eigenvalue weighted by Crippen LogP contribution is 2.19. The summed E-state index contributed by atoms with van der Waals surface area (Å²) < 4.78 is 29.0. The number of amides is 1. The number of fused-ring (bicyclic) bond motifs is 1. The van der Waals surface area contributed by atoms with Crippen LogP contribution in [0.5, 0.6) is 0 Å². The minimum absolute atomic E-state index is 0.0390. The Hall–Kier alpha value is -3.36. The number of anilines is 1. The van der Waals surface area contributed by atoms with Crippen LogP contribution in [0.15, 0.2) is 84.0 Å². The first kappa shape index (κ1) is 19.0. The van der Waals surface area contributed by atoms with Gasteiger partial charge in [0.2, 0.25) is 0 Å². The summed E-state index contributed by atoms with van der Waals surface area (Å²) in [6.07, 6.45) is 1.51. The van der Waals surface area contributed by atoms with Gasteiger partial charge in [-0.25, -0.2) is 18.1 Å². The molecule has 0 spiro atoms. The number of aromatic nitrogens is 2. The minimum atomic E-state index is -3.79. The first-order chi connectivity index (χ1) is 13.9. The lowest BCUT2D eigenvalue weighted by Crippen LogP contribution is -2.22. The molecule has 4 aromatic rings. The Morgan fingerprint density at radius 1 is 0.931 bits per heavy atom. The van der Waals surface area contributed by atoms with E-state index in [4.69, 9.17) is 11.6 Å². The van der Waals surface area contributed by atoms with Gasteiger partial charge in [0.1, 0.15) is 6.33 Å². The number of carbonyl (C=O) groups excluding carboxylic acids is 1. The molecular formula is C20H15ClN4O3S. The summed E-state index contributed by atoms with van der Waals surface area (Å²) >= 11 is 5.81. The molecule has 7 nitrogen and oxygen atoms in total. The quantitative estimate of drug-likeness (QED) is 0.506. The predicted octanol–water partition coefficient (Wildman–Crippen LogP) is 3.87. The van der Waals surface area contributed by atoms with Crippen molar-refractivity contribution in [3.8, 4) is 0 Å². The van der Waals surface area contributed by atoms with Gasteiger partial charge in [0.25, 0.3) is 15.9 Å². The van der Waals surface area contributed by atoms with Crippen molar-refractivity contribution >= 4 is 44.3 Å². The molecule has 0 saturated carbocycles. The molecular weight excluding hydrogens is 412 g/mol. The molecule has 1 heterocycles. The molecule has 0 aliphatic rings. The number of hydrogen-bond acceptors (Lipinski definition) is 4. The molecule has 2 N–H and O–H groups in total. The summed E-state index contributed by atoms with van der Waals surface area (Å²) in [7, 11) is -3.79. The van der Waals surface area contributed by atoms with Crippen molar-refractivity contribution in [1.29, 1.82) is 0 Å². The molecule has 0 unspecified atom stereocenters. The molecule has 0 bridgehead atoms. The molecule has 9 heteroatoms. The van der Waals surface area contributed by atoms with Crippen LogP contribution >= 0.6 is 11.6 Å². The van der Waals surface area contributed by atoms with Crippen LogP contribution in [0.4, 0.5) is 5.69 Å². The van der Waals surface area contributed by atoms with E-state index in [9.17, 15) is 13.2 Å². The van der Waals surface area contributed by atoms with E-state index in [1.165, 1.54) is 35.3 Å². The van der Waals surface area contributed by atoms with Crippen LogP contribution in [0.25, 0.3) is 11.0 Å². The van der Waals surface area contributed by atoms with Gasteiger partial charge in [0.15, 0.2) is 0 Å². The van der Waals surface area contributed by atoms with Gasteiger partial charge < -0.3 is 0 Å². The molecule has 0 aliphatic carbocycles. The van der Waals surface area contributed by atoms with Gasteiger partial charge in [-0.05, 0) is 60.7 Å². The van der Waals surface area contributed by atoms with Crippen molar-refractivity contribution in [3.05, 3.63) is 89.7 Å². The van der Waals surface area contributed by atoms with Crippen LogP contribution in [0.2, 0.25) is 5.02 Å². The Kier molecular flexibility index (Phi) is 4.96. The third-order valence-corrected chi connectivity index (χ3v) is 5.85. The number of imidazole rings is 1. The number of para-hydroxylation sites is 2. The lowest BCUT2D eigenvalue weighted by atomic mass is 10.2. The second-order valence-corrected chi connectivity index (χ2v) is 8.30. The average Bonchev–Trinajstić information content (AvgIpc) is 3.13. The van der Waals surface area contributed by atoms with Crippen molar-refractivity contribution in [2.24, 2.45) is 0 Å². The molecule has 1 aromatic heterocycles. The maximum Gasteiger partial charge on any atom is 0.270 e. The van der Waals surface area contributed by atoms with E-state index in [-0.39, 0.29) is 10.8 Å². The van der Waals surface area contributed by atoms with Gasteiger partial charge in [-0.2, -0.15) is 0 Å². The highest BCUT2D eigenvalue weighted by Gasteiger charge is 2.16. The fourth-order valence-corrected chi connectivity index (χ4v) is 3.92. The lowest BCUT2D eigenvalue weighted by Gasteiger charge is -2.10. The number of benzene rings is 3. The number of sulfonamides is 1. The molecule has 146 valence electrons. The van der Waals surface area contributed by atoms with Crippen LogP contribution in [-0.2, 0) is 10.0 Å². The Bertz CT molecular complexity index is 1280. The minimum Gasteiger partial charge on any atom is -0.280 e. The van der Waals surface area contributed by atoms with E-state index in [1.807, 2.05) is 24.3 Å². The highest BCUT2D eigenvalue weighted by molar-refractivity contribution is 7.92. The Morgan fingerprint density at radius 2 is 1.62 bits per heavy atom.